The minimum Gasteiger partial charge on any atom is -0.320 e. The lowest BCUT2D eigenvalue weighted by Gasteiger charge is -2.37. The fourth-order valence-corrected chi connectivity index (χ4v) is 5.23. The molecule has 1 aliphatic heterocycles. The predicted octanol–water partition coefficient (Wildman–Crippen LogP) is 5.04. The predicted molar refractivity (Wildman–Crippen MR) is 104 cm³/mol. The van der Waals surface area contributed by atoms with Gasteiger partial charge in [0.25, 0.3) is 10.1 Å². The fraction of sp³-hybridized carbons (Fsp3) is 0.368. The van der Waals surface area contributed by atoms with Gasteiger partial charge < -0.3 is 4.90 Å². The van der Waals surface area contributed by atoms with Crippen molar-refractivity contribution in [3.8, 4) is 0 Å². The zero-order valence-electron chi connectivity index (χ0n) is 14.7. The van der Waals surface area contributed by atoms with Crippen molar-refractivity contribution in [3.63, 3.8) is 0 Å². The van der Waals surface area contributed by atoms with E-state index in [0.29, 0.717) is 6.42 Å². The second-order valence-corrected chi connectivity index (χ2v) is 8.82. The largest absolute Gasteiger partial charge is 0.320 e. The zero-order chi connectivity index (χ0) is 18.2. The molecule has 1 aliphatic rings. The molecule has 2 aromatic carbocycles. The highest BCUT2D eigenvalue weighted by Gasteiger charge is 2.35. The Kier molecular flexibility index (Phi) is 5.14. The van der Waals surface area contributed by atoms with Gasteiger partial charge in [-0.2, -0.15) is 8.42 Å². The van der Waals surface area contributed by atoms with E-state index >= 15 is 0 Å². The summed E-state index contributed by atoms with van der Waals surface area (Å²) in [7, 11) is -4.22. The molecule has 0 aromatic heterocycles. The molecule has 0 aliphatic carbocycles. The third-order valence-electron chi connectivity index (χ3n) is 4.58. The summed E-state index contributed by atoms with van der Waals surface area (Å²) in [5.74, 6) is 0. The summed E-state index contributed by atoms with van der Waals surface area (Å²) in [5.41, 5.74) is 4.04. The molecule has 4 nitrogen and oxygen atoms in total. The molecule has 0 radical (unpaired) electrons. The maximum absolute atomic E-state index is 12.1. The lowest BCUT2D eigenvalue weighted by Crippen LogP contribution is -2.38. The molecule has 2 aromatic rings. The zero-order valence-corrected chi connectivity index (χ0v) is 16.3. The van der Waals surface area contributed by atoms with Gasteiger partial charge in [-0.1, -0.05) is 44.7 Å². The van der Waals surface area contributed by atoms with E-state index in [1.165, 1.54) is 5.56 Å². The normalized spacial score (nSPS) is 14.8. The molecule has 3 rings (SSSR count). The van der Waals surface area contributed by atoms with Crippen molar-refractivity contribution in [2.45, 2.75) is 55.2 Å². The lowest BCUT2D eigenvalue weighted by molar-refractivity contribution is 0.464. The van der Waals surface area contributed by atoms with Gasteiger partial charge >= 0.3 is 0 Å². The molecule has 134 valence electrons. The van der Waals surface area contributed by atoms with Crippen LogP contribution >= 0.6 is 11.8 Å². The Morgan fingerprint density at radius 1 is 0.960 bits per heavy atom. The average molecular weight is 378 g/mol. The van der Waals surface area contributed by atoms with E-state index in [2.05, 4.69) is 26.0 Å². The summed E-state index contributed by atoms with van der Waals surface area (Å²) in [5, 5.41) is -0.995. The summed E-state index contributed by atoms with van der Waals surface area (Å²) >= 11 is 1.66. The first-order valence-electron chi connectivity index (χ1n) is 8.58. The van der Waals surface area contributed by atoms with Crippen molar-refractivity contribution >= 4 is 33.3 Å². The molecule has 0 saturated heterocycles. The molecule has 0 spiro atoms. The van der Waals surface area contributed by atoms with Crippen molar-refractivity contribution in [2.75, 3.05) is 4.90 Å². The third-order valence-corrected chi connectivity index (χ3v) is 6.93. The highest BCUT2D eigenvalue weighted by Crippen LogP contribution is 2.50. The van der Waals surface area contributed by atoms with Crippen LogP contribution in [0.3, 0.4) is 0 Å². The third kappa shape index (κ3) is 3.43. The maximum Gasteiger partial charge on any atom is 0.286 e. The van der Waals surface area contributed by atoms with Crippen molar-refractivity contribution in [3.05, 3.63) is 47.5 Å². The van der Waals surface area contributed by atoms with Crippen molar-refractivity contribution in [1.29, 1.82) is 0 Å². The number of fused-ring (bicyclic) bond motifs is 2. The van der Waals surface area contributed by atoms with Gasteiger partial charge in [-0.05, 0) is 54.7 Å². The number of nitrogens with zero attached hydrogens (tertiary/aromatic N) is 1. The maximum atomic E-state index is 12.1. The molecule has 6 heteroatoms. The molecule has 0 fully saturated rings. The Bertz CT molecular complexity index is 894. The first-order chi connectivity index (χ1) is 11.9. The van der Waals surface area contributed by atoms with Crippen molar-refractivity contribution in [1.82, 2.24) is 0 Å². The van der Waals surface area contributed by atoms with Gasteiger partial charge in [-0.3, -0.25) is 4.55 Å². The molecule has 1 heterocycles. The first kappa shape index (κ1) is 18.3. The topological polar surface area (TPSA) is 57.6 Å². The van der Waals surface area contributed by atoms with Gasteiger partial charge in [0, 0.05) is 9.79 Å². The Morgan fingerprint density at radius 3 is 2.20 bits per heavy atom. The summed E-state index contributed by atoms with van der Waals surface area (Å²) in [6.07, 6.45) is 2.09. The number of anilines is 2. The van der Waals surface area contributed by atoms with Crippen LogP contribution in [0.25, 0.3) is 0 Å². The quantitative estimate of drug-likeness (QED) is 0.740. The summed E-state index contributed by atoms with van der Waals surface area (Å²) < 4.78 is 34.0. The summed E-state index contributed by atoms with van der Waals surface area (Å²) in [4.78, 5) is 3.83. The van der Waals surface area contributed by atoms with Gasteiger partial charge in [0.05, 0.1) is 11.4 Å². The van der Waals surface area contributed by atoms with Crippen LogP contribution in [0.4, 0.5) is 11.4 Å². The highest BCUT2D eigenvalue weighted by atomic mass is 32.2. The van der Waals surface area contributed by atoms with Crippen LogP contribution < -0.4 is 4.90 Å². The van der Waals surface area contributed by atoms with Crippen LogP contribution in [0, 0.1) is 0 Å². The van der Waals surface area contributed by atoms with Gasteiger partial charge in [-0.25, -0.2) is 0 Å². The SMILES string of the molecule is CCc1ccc2c(c1)Sc1ccc(CC)cc1N2C(CC)S(=O)(=O)O. The monoisotopic (exact) mass is 377 g/mol. The van der Waals surface area contributed by atoms with Crippen molar-refractivity contribution < 1.29 is 13.0 Å². The van der Waals surface area contributed by atoms with E-state index < -0.39 is 15.5 Å². The van der Waals surface area contributed by atoms with Crippen LogP contribution in [0.2, 0.25) is 0 Å². The Morgan fingerprint density at radius 2 is 1.60 bits per heavy atom. The molecule has 1 atom stereocenters. The second-order valence-electron chi connectivity index (χ2n) is 6.16. The molecular formula is C19H23NO3S2. The summed E-state index contributed by atoms with van der Waals surface area (Å²) in [6.45, 7) is 5.95. The van der Waals surface area contributed by atoms with E-state index in [1.807, 2.05) is 24.3 Å². The summed E-state index contributed by atoms with van der Waals surface area (Å²) in [6, 6.07) is 12.3. The molecule has 0 amide bonds. The molecule has 0 bridgehead atoms. The van der Waals surface area contributed by atoms with Crippen LogP contribution in [0.1, 0.15) is 38.3 Å². The number of aryl methyl sites for hydroxylation is 2. The average Bonchev–Trinajstić information content (AvgIpc) is 2.59. The van der Waals surface area contributed by atoms with Gasteiger partial charge in [0.1, 0.15) is 0 Å². The smallest absolute Gasteiger partial charge is 0.286 e. The number of rotatable bonds is 5. The Labute approximate surface area is 154 Å². The molecular weight excluding hydrogens is 354 g/mol. The van der Waals surface area contributed by atoms with Crippen LogP contribution in [-0.4, -0.2) is 18.3 Å². The Hall–Kier alpha value is -1.50. The van der Waals surface area contributed by atoms with E-state index in [1.54, 1.807) is 23.6 Å². The van der Waals surface area contributed by atoms with Crippen molar-refractivity contribution in [2.24, 2.45) is 0 Å². The van der Waals surface area contributed by atoms with Gasteiger partial charge in [0.15, 0.2) is 5.37 Å². The first-order valence-corrected chi connectivity index (χ1v) is 10.9. The van der Waals surface area contributed by atoms with Gasteiger partial charge in [0.2, 0.25) is 0 Å². The minimum atomic E-state index is -4.22. The number of hydrogen-bond acceptors (Lipinski definition) is 4. The molecule has 0 saturated carbocycles. The van der Waals surface area contributed by atoms with Crippen LogP contribution in [0.5, 0.6) is 0 Å². The van der Waals surface area contributed by atoms with E-state index in [9.17, 15) is 13.0 Å². The lowest BCUT2D eigenvalue weighted by atomic mass is 10.1. The number of hydrogen-bond donors (Lipinski definition) is 1. The number of benzene rings is 2. The minimum absolute atomic E-state index is 0.300. The molecule has 1 unspecified atom stereocenters. The van der Waals surface area contributed by atoms with Crippen LogP contribution in [-0.2, 0) is 23.0 Å². The standard InChI is InChI=1S/C19H23NO3S2/c1-4-13-8-10-17-16(11-13)20(19(6-3)25(21,22)23)15-9-7-14(5-2)12-18(15)24-17/h7-12,19H,4-6H2,1-3H3,(H,21,22,23). The molecule has 25 heavy (non-hydrogen) atoms. The van der Waals surface area contributed by atoms with Crippen LogP contribution in [0.15, 0.2) is 46.2 Å². The fourth-order valence-electron chi connectivity index (χ4n) is 3.20. The second kappa shape index (κ2) is 7.02. The highest BCUT2D eigenvalue weighted by molar-refractivity contribution is 7.99. The van der Waals surface area contributed by atoms with Gasteiger partial charge in [-0.15, -0.1) is 0 Å². The Balaban J connectivity index is 2.24. The van der Waals surface area contributed by atoms with E-state index in [-0.39, 0.29) is 0 Å². The molecule has 1 N–H and O–H groups in total. The van der Waals surface area contributed by atoms with E-state index in [0.717, 1.165) is 39.6 Å². The van der Waals surface area contributed by atoms with E-state index in [4.69, 9.17) is 0 Å².